The highest BCUT2D eigenvalue weighted by Crippen LogP contribution is 2.30. The monoisotopic (exact) mass is 291 g/mol. The number of amides is 1. The van der Waals surface area contributed by atoms with Gasteiger partial charge >= 0.3 is 0 Å². The van der Waals surface area contributed by atoms with E-state index in [2.05, 4.69) is 17.6 Å². The van der Waals surface area contributed by atoms with E-state index < -0.39 is 4.92 Å². The van der Waals surface area contributed by atoms with Crippen molar-refractivity contribution in [3.63, 3.8) is 0 Å². The van der Waals surface area contributed by atoms with Gasteiger partial charge in [0.2, 0.25) is 0 Å². The summed E-state index contributed by atoms with van der Waals surface area (Å²) in [7, 11) is 0. The van der Waals surface area contributed by atoms with Gasteiger partial charge in [-0.15, -0.1) is 0 Å². The molecule has 0 unspecified atom stereocenters. The first-order valence-electron chi connectivity index (χ1n) is 7.30. The largest absolute Gasteiger partial charge is 0.380 e. The first-order valence-corrected chi connectivity index (χ1v) is 7.30. The van der Waals surface area contributed by atoms with E-state index in [-0.39, 0.29) is 17.1 Å². The maximum atomic E-state index is 12.3. The van der Waals surface area contributed by atoms with Gasteiger partial charge in [0, 0.05) is 23.7 Å². The third kappa shape index (κ3) is 3.51. The molecule has 1 fully saturated rings. The van der Waals surface area contributed by atoms with Crippen LogP contribution in [0.3, 0.4) is 0 Å². The predicted molar refractivity (Wildman–Crippen MR) is 81.6 cm³/mol. The molecule has 0 bridgehead atoms. The lowest BCUT2D eigenvalue weighted by molar-refractivity contribution is -0.384. The molecule has 0 aliphatic heterocycles. The fourth-order valence-electron chi connectivity index (χ4n) is 2.80. The zero-order valence-corrected chi connectivity index (χ0v) is 12.4. The molecular weight excluding hydrogens is 270 g/mol. The standard InChI is InChI=1S/C15H21N3O3/c1-3-16-12-10-11(6-7-13(12)18(20)21)14(19)17-15(2)8-4-5-9-15/h6-7,10,16H,3-5,8-9H2,1-2H3,(H,17,19). The van der Waals surface area contributed by atoms with Crippen molar-refractivity contribution in [1.29, 1.82) is 0 Å². The Hall–Kier alpha value is -2.11. The molecule has 2 rings (SSSR count). The van der Waals surface area contributed by atoms with Crippen LogP contribution in [-0.4, -0.2) is 22.9 Å². The Morgan fingerprint density at radius 2 is 2.05 bits per heavy atom. The first-order chi connectivity index (χ1) is 9.95. The number of carbonyl (C=O) groups excluding carboxylic acids is 1. The zero-order valence-electron chi connectivity index (χ0n) is 12.4. The topological polar surface area (TPSA) is 84.3 Å². The molecular formula is C15H21N3O3. The Kier molecular flexibility index (Phi) is 4.45. The van der Waals surface area contributed by atoms with Crippen molar-refractivity contribution < 1.29 is 9.72 Å². The SMILES string of the molecule is CCNc1cc(C(=O)NC2(C)CCCC2)ccc1[N+](=O)[O-]. The van der Waals surface area contributed by atoms with E-state index in [1.165, 1.54) is 12.1 Å². The quantitative estimate of drug-likeness (QED) is 0.645. The molecule has 2 N–H and O–H groups in total. The van der Waals surface area contributed by atoms with E-state index in [0.717, 1.165) is 25.7 Å². The number of nitrogens with zero attached hydrogens (tertiary/aromatic N) is 1. The highest BCUT2D eigenvalue weighted by atomic mass is 16.6. The second-order valence-corrected chi connectivity index (χ2v) is 5.74. The van der Waals surface area contributed by atoms with Crippen molar-refractivity contribution in [2.75, 3.05) is 11.9 Å². The minimum absolute atomic E-state index is 0.0134. The summed E-state index contributed by atoms with van der Waals surface area (Å²) in [5.74, 6) is -0.173. The van der Waals surface area contributed by atoms with Gasteiger partial charge in [0.25, 0.3) is 11.6 Å². The van der Waals surface area contributed by atoms with Crippen LogP contribution in [0.5, 0.6) is 0 Å². The molecule has 21 heavy (non-hydrogen) atoms. The molecule has 1 aromatic rings. The number of anilines is 1. The van der Waals surface area contributed by atoms with Crippen LogP contribution in [-0.2, 0) is 0 Å². The maximum Gasteiger partial charge on any atom is 0.292 e. The summed E-state index contributed by atoms with van der Waals surface area (Å²) in [4.78, 5) is 22.9. The molecule has 1 aliphatic rings. The van der Waals surface area contributed by atoms with Crippen molar-refractivity contribution in [3.05, 3.63) is 33.9 Å². The summed E-state index contributed by atoms with van der Waals surface area (Å²) >= 11 is 0. The predicted octanol–water partition coefficient (Wildman–Crippen LogP) is 3.09. The molecule has 6 nitrogen and oxygen atoms in total. The Morgan fingerprint density at radius 1 is 1.38 bits per heavy atom. The van der Waals surface area contributed by atoms with E-state index in [1.807, 2.05) is 6.92 Å². The summed E-state index contributed by atoms with van der Waals surface area (Å²) in [6.07, 6.45) is 4.21. The lowest BCUT2D eigenvalue weighted by Gasteiger charge is -2.25. The summed E-state index contributed by atoms with van der Waals surface area (Å²) in [5, 5.41) is 17.0. The number of hydrogen-bond donors (Lipinski definition) is 2. The maximum absolute atomic E-state index is 12.3. The molecule has 1 aromatic carbocycles. The van der Waals surface area contributed by atoms with Crippen molar-refractivity contribution in [1.82, 2.24) is 5.32 Å². The molecule has 0 spiro atoms. The van der Waals surface area contributed by atoms with Gasteiger partial charge < -0.3 is 10.6 Å². The first kappa shape index (κ1) is 15.3. The zero-order chi connectivity index (χ0) is 15.5. The Morgan fingerprint density at radius 3 is 2.62 bits per heavy atom. The third-order valence-electron chi connectivity index (χ3n) is 3.95. The van der Waals surface area contributed by atoms with Crippen LogP contribution in [0, 0.1) is 10.1 Å². The van der Waals surface area contributed by atoms with E-state index in [4.69, 9.17) is 0 Å². The molecule has 0 radical (unpaired) electrons. The fraction of sp³-hybridized carbons (Fsp3) is 0.533. The van der Waals surface area contributed by atoms with Crippen LogP contribution in [0.1, 0.15) is 49.9 Å². The minimum Gasteiger partial charge on any atom is -0.380 e. The normalized spacial score (nSPS) is 16.5. The van der Waals surface area contributed by atoms with Crippen molar-refractivity contribution in [3.8, 4) is 0 Å². The molecule has 1 saturated carbocycles. The van der Waals surface area contributed by atoms with E-state index in [0.29, 0.717) is 17.8 Å². The molecule has 0 saturated heterocycles. The van der Waals surface area contributed by atoms with Crippen LogP contribution in [0.15, 0.2) is 18.2 Å². The molecule has 0 aromatic heterocycles. The van der Waals surface area contributed by atoms with Gasteiger partial charge in [-0.05, 0) is 38.8 Å². The van der Waals surface area contributed by atoms with Gasteiger partial charge in [0.15, 0.2) is 0 Å². The Bertz CT molecular complexity index is 551. The molecule has 1 aliphatic carbocycles. The van der Waals surface area contributed by atoms with Crippen LogP contribution >= 0.6 is 0 Å². The number of hydrogen-bond acceptors (Lipinski definition) is 4. The number of nitro groups is 1. The van der Waals surface area contributed by atoms with Crippen molar-refractivity contribution >= 4 is 17.3 Å². The van der Waals surface area contributed by atoms with Gasteiger partial charge in [-0.2, -0.15) is 0 Å². The highest BCUT2D eigenvalue weighted by molar-refractivity contribution is 5.96. The number of carbonyl (C=O) groups is 1. The average Bonchev–Trinajstić information content (AvgIpc) is 2.85. The highest BCUT2D eigenvalue weighted by Gasteiger charge is 2.30. The van der Waals surface area contributed by atoms with Gasteiger partial charge in [0.05, 0.1) is 4.92 Å². The number of nitrogens with one attached hydrogen (secondary N) is 2. The van der Waals surface area contributed by atoms with E-state index in [1.54, 1.807) is 6.07 Å². The van der Waals surface area contributed by atoms with Crippen molar-refractivity contribution in [2.45, 2.75) is 45.1 Å². The lowest BCUT2D eigenvalue weighted by atomic mass is 10.00. The summed E-state index contributed by atoms with van der Waals surface area (Å²) < 4.78 is 0. The van der Waals surface area contributed by atoms with E-state index >= 15 is 0 Å². The van der Waals surface area contributed by atoms with Gasteiger partial charge in [-0.25, -0.2) is 0 Å². The van der Waals surface area contributed by atoms with Gasteiger partial charge in [0.1, 0.15) is 5.69 Å². The summed E-state index contributed by atoms with van der Waals surface area (Å²) in [5.41, 5.74) is 0.661. The smallest absolute Gasteiger partial charge is 0.292 e. The second kappa shape index (κ2) is 6.11. The third-order valence-corrected chi connectivity index (χ3v) is 3.95. The van der Waals surface area contributed by atoms with Crippen molar-refractivity contribution in [2.24, 2.45) is 0 Å². The Balaban J connectivity index is 2.21. The van der Waals surface area contributed by atoms with Gasteiger partial charge in [-0.3, -0.25) is 14.9 Å². The minimum atomic E-state index is -0.446. The molecule has 6 heteroatoms. The molecule has 114 valence electrons. The molecule has 0 heterocycles. The van der Waals surface area contributed by atoms with E-state index in [9.17, 15) is 14.9 Å². The number of benzene rings is 1. The molecule has 0 atom stereocenters. The van der Waals surface area contributed by atoms with Crippen LogP contribution in [0.2, 0.25) is 0 Å². The van der Waals surface area contributed by atoms with Crippen LogP contribution in [0.25, 0.3) is 0 Å². The fourth-order valence-corrected chi connectivity index (χ4v) is 2.80. The lowest BCUT2D eigenvalue weighted by Crippen LogP contribution is -2.43. The van der Waals surface area contributed by atoms with Gasteiger partial charge in [-0.1, -0.05) is 12.8 Å². The Labute approximate surface area is 124 Å². The second-order valence-electron chi connectivity index (χ2n) is 5.74. The average molecular weight is 291 g/mol. The summed E-state index contributed by atoms with van der Waals surface area (Å²) in [6, 6.07) is 4.44. The number of rotatable bonds is 5. The van der Waals surface area contributed by atoms with Crippen LogP contribution in [0.4, 0.5) is 11.4 Å². The number of nitro benzene ring substituents is 1. The molecule has 1 amide bonds. The van der Waals surface area contributed by atoms with Crippen LogP contribution < -0.4 is 10.6 Å². The summed E-state index contributed by atoms with van der Waals surface area (Å²) in [6.45, 7) is 4.47.